The quantitative estimate of drug-likeness (QED) is 0.647. The summed E-state index contributed by atoms with van der Waals surface area (Å²) < 4.78 is 26.6. The maximum absolute atomic E-state index is 12.6. The summed E-state index contributed by atoms with van der Waals surface area (Å²) in [5.41, 5.74) is 2.18. The van der Waals surface area contributed by atoms with E-state index in [0.717, 1.165) is 31.7 Å². The van der Waals surface area contributed by atoms with Crippen molar-refractivity contribution in [2.45, 2.75) is 31.6 Å². The number of carbonyl (C=O) groups is 1. The minimum Gasteiger partial charge on any atom is -0.368 e. The number of benzene rings is 2. The van der Waals surface area contributed by atoms with Crippen LogP contribution in [0.1, 0.15) is 25.8 Å². The number of hydrogen-bond acceptors (Lipinski definition) is 4. The summed E-state index contributed by atoms with van der Waals surface area (Å²) in [5.74, 6) is 0.155. The number of hydrogen-bond donors (Lipinski definition) is 0. The lowest BCUT2D eigenvalue weighted by Gasteiger charge is -2.36. The molecule has 0 aliphatic carbocycles. The summed E-state index contributed by atoms with van der Waals surface area (Å²) >= 11 is 0. The van der Waals surface area contributed by atoms with Crippen LogP contribution in [0.3, 0.4) is 0 Å². The number of para-hydroxylation sites is 1. The Labute approximate surface area is 180 Å². The molecule has 1 amide bonds. The molecule has 1 fully saturated rings. The normalized spacial score (nSPS) is 14.9. The molecule has 2 aromatic rings. The van der Waals surface area contributed by atoms with Gasteiger partial charge in [0.2, 0.25) is 15.9 Å². The first-order valence-corrected chi connectivity index (χ1v) is 12.1. The Balaban J connectivity index is 1.51. The van der Waals surface area contributed by atoms with Crippen LogP contribution in [0.4, 0.5) is 5.69 Å². The van der Waals surface area contributed by atoms with Gasteiger partial charge in [-0.1, -0.05) is 44.2 Å². The van der Waals surface area contributed by atoms with Gasteiger partial charge in [0.1, 0.15) is 0 Å². The van der Waals surface area contributed by atoms with Gasteiger partial charge < -0.3 is 9.80 Å². The van der Waals surface area contributed by atoms with E-state index in [4.69, 9.17) is 0 Å². The van der Waals surface area contributed by atoms with E-state index in [-0.39, 0.29) is 5.91 Å². The zero-order chi connectivity index (χ0) is 21.6. The molecule has 162 valence electrons. The van der Waals surface area contributed by atoms with Crippen molar-refractivity contribution in [2.24, 2.45) is 0 Å². The van der Waals surface area contributed by atoms with Gasteiger partial charge in [-0.2, -0.15) is 4.31 Å². The molecule has 1 aliphatic rings. The highest BCUT2D eigenvalue weighted by Crippen LogP contribution is 2.18. The molecule has 0 N–H and O–H groups in total. The molecule has 7 heteroatoms. The molecule has 0 bridgehead atoms. The highest BCUT2D eigenvalue weighted by molar-refractivity contribution is 7.89. The van der Waals surface area contributed by atoms with Crippen LogP contribution in [0.2, 0.25) is 0 Å². The SMILES string of the molecule is CCN(CC)S(=O)(=O)c1ccc(CCC(=O)N2CCN(c3ccccc3)CC2)cc1. The summed E-state index contributed by atoms with van der Waals surface area (Å²) in [6, 6.07) is 17.2. The van der Waals surface area contributed by atoms with E-state index in [1.165, 1.54) is 9.99 Å². The van der Waals surface area contributed by atoms with Crippen molar-refractivity contribution in [1.29, 1.82) is 0 Å². The minimum absolute atomic E-state index is 0.155. The summed E-state index contributed by atoms with van der Waals surface area (Å²) in [6.45, 7) is 7.71. The summed E-state index contributed by atoms with van der Waals surface area (Å²) in [5, 5.41) is 0. The first kappa shape index (κ1) is 22.3. The Morgan fingerprint density at radius 1 is 0.900 bits per heavy atom. The van der Waals surface area contributed by atoms with Gasteiger partial charge in [0.05, 0.1) is 4.90 Å². The zero-order valence-corrected chi connectivity index (χ0v) is 18.6. The number of piperazine rings is 1. The number of aryl methyl sites for hydroxylation is 1. The van der Waals surface area contributed by atoms with Gasteiger partial charge in [-0.3, -0.25) is 4.79 Å². The number of carbonyl (C=O) groups excluding carboxylic acids is 1. The zero-order valence-electron chi connectivity index (χ0n) is 17.8. The van der Waals surface area contributed by atoms with Crippen LogP contribution in [0.5, 0.6) is 0 Å². The Morgan fingerprint density at radius 3 is 2.07 bits per heavy atom. The third-order valence-electron chi connectivity index (χ3n) is 5.65. The molecule has 30 heavy (non-hydrogen) atoms. The van der Waals surface area contributed by atoms with Crippen LogP contribution in [-0.2, 0) is 21.2 Å². The lowest BCUT2D eigenvalue weighted by atomic mass is 10.1. The minimum atomic E-state index is -3.44. The topological polar surface area (TPSA) is 60.9 Å². The molecule has 0 aromatic heterocycles. The molecule has 0 spiro atoms. The lowest BCUT2D eigenvalue weighted by Crippen LogP contribution is -2.48. The Bertz CT molecular complexity index is 918. The van der Waals surface area contributed by atoms with Gasteiger partial charge >= 0.3 is 0 Å². The fourth-order valence-corrected chi connectivity index (χ4v) is 5.26. The third-order valence-corrected chi connectivity index (χ3v) is 7.71. The van der Waals surface area contributed by atoms with Gasteiger partial charge in [0, 0.05) is 51.4 Å². The van der Waals surface area contributed by atoms with E-state index in [9.17, 15) is 13.2 Å². The smallest absolute Gasteiger partial charge is 0.243 e. The van der Waals surface area contributed by atoms with E-state index in [1.807, 2.05) is 49.1 Å². The maximum atomic E-state index is 12.6. The second-order valence-corrected chi connectivity index (χ2v) is 9.37. The molecule has 0 atom stereocenters. The van der Waals surface area contributed by atoms with Gasteiger partial charge in [0.15, 0.2) is 0 Å². The first-order chi connectivity index (χ1) is 14.5. The second kappa shape index (κ2) is 10.1. The molecule has 6 nitrogen and oxygen atoms in total. The van der Waals surface area contributed by atoms with Gasteiger partial charge in [-0.25, -0.2) is 8.42 Å². The number of rotatable bonds is 8. The van der Waals surface area contributed by atoms with Gasteiger partial charge in [-0.05, 0) is 36.2 Å². The number of anilines is 1. The predicted octanol–water partition coefficient (Wildman–Crippen LogP) is 3.00. The molecular formula is C23H31N3O3S. The van der Waals surface area contributed by atoms with Crippen molar-refractivity contribution >= 4 is 21.6 Å². The first-order valence-electron chi connectivity index (χ1n) is 10.6. The monoisotopic (exact) mass is 429 g/mol. The second-order valence-electron chi connectivity index (χ2n) is 7.44. The average Bonchev–Trinajstić information content (AvgIpc) is 2.79. The Kier molecular flexibility index (Phi) is 7.50. The molecule has 1 heterocycles. The van der Waals surface area contributed by atoms with E-state index in [1.54, 1.807) is 12.1 Å². The van der Waals surface area contributed by atoms with Crippen LogP contribution in [-0.4, -0.2) is 62.8 Å². The van der Waals surface area contributed by atoms with Crippen LogP contribution in [0, 0.1) is 0 Å². The average molecular weight is 430 g/mol. The molecule has 1 saturated heterocycles. The maximum Gasteiger partial charge on any atom is 0.243 e. The molecular weight excluding hydrogens is 398 g/mol. The van der Waals surface area contributed by atoms with Gasteiger partial charge in [-0.15, -0.1) is 0 Å². The number of amides is 1. The largest absolute Gasteiger partial charge is 0.368 e. The third kappa shape index (κ3) is 5.21. The van der Waals surface area contributed by atoms with Crippen LogP contribution >= 0.6 is 0 Å². The van der Waals surface area contributed by atoms with Crippen molar-refractivity contribution in [3.63, 3.8) is 0 Å². The molecule has 1 aliphatic heterocycles. The fraction of sp³-hybridized carbons (Fsp3) is 0.435. The van der Waals surface area contributed by atoms with Crippen molar-refractivity contribution in [2.75, 3.05) is 44.2 Å². The number of sulfonamides is 1. The van der Waals surface area contributed by atoms with Gasteiger partial charge in [0.25, 0.3) is 0 Å². The molecule has 3 rings (SSSR count). The molecule has 0 radical (unpaired) electrons. The summed E-state index contributed by atoms with van der Waals surface area (Å²) in [4.78, 5) is 17.2. The van der Waals surface area contributed by atoms with Crippen LogP contribution in [0.15, 0.2) is 59.5 Å². The van der Waals surface area contributed by atoms with E-state index in [0.29, 0.717) is 30.8 Å². The van der Waals surface area contributed by atoms with Crippen molar-refractivity contribution < 1.29 is 13.2 Å². The molecule has 0 unspecified atom stereocenters. The standard InChI is InChI=1S/C23H31N3O3S/c1-3-26(4-2)30(28,29)22-13-10-20(11-14-22)12-15-23(27)25-18-16-24(17-19-25)21-8-6-5-7-9-21/h5-11,13-14H,3-4,12,15-19H2,1-2H3. The predicted molar refractivity (Wildman–Crippen MR) is 120 cm³/mol. The lowest BCUT2D eigenvalue weighted by molar-refractivity contribution is -0.131. The Morgan fingerprint density at radius 2 is 1.50 bits per heavy atom. The summed E-state index contributed by atoms with van der Waals surface area (Å²) in [7, 11) is -3.44. The summed E-state index contributed by atoms with van der Waals surface area (Å²) in [6.07, 6.45) is 1.05. The van der Waals surface area contributed by atoms with E-state index in [2.05, 4.69) is 17.0 Å². The molecule has 2 aromatic carbocycles. The van der Waals surface area contributed by atoms with Crippen molar-refractivity contribution in [3.05, 3.63) is 60.2 Å². The highest BCUT2D eigenvalue weighted by Gasteiger charge is 2.22. The van der Waals surface area contributed by atoms with Crippen molar-refractivity contribution in [3.8, 4) is 0 Å². The Hall–Kier alpha value is -2.38. The van der Waals surface area contributed by atoms with E-state index >= 15 is 0 Å². The molecule has 0 saturated carbocycles. The van der Waals surface area contributed by atoms with Crippen LogP contribution < -0.4 is 4.90 Å². The van der Waals surface area contributed by atoms with Crippen LogP contribution in [0.25, 0.3) is 0 Å². The van der Waals surface area contributed by atoms with Crippen molar-refractivity contribution in [1.82, 2.24) is 9.21 Å². The number of nitrogens with zero attached hydrogens (tertiary/aromatic N) is 3. The van der Waals surface area contributed by atoms with E-state index < -0.39 is 10.0 Å². The highest BCUT2D eigenvalue weighted by atomic mass is 32.2. The fourth-order valence-electron chi connectivity index (χ4n) is 3.80.